The number of nitrogens with one attached hydrogen (secondary N) is 3. The number of hydrogen-bond acceptors (Lipinski definition) is 4. The Morgan fingerprint density at radius 3 is 2.50 bits per heavy atom. The number of halogens is 1. The number of ether oxygens (including phenoxy) is 1. The summed E-state index contributed by atoms with van der Waals surface area (Å²) < 4.78 is 11.6. The predicted octanol–water partition coefficient (Wildman–Crippen LogP) is 2.82. The quantitative estimate of drug-likeness (QED) is 0.678. The Kier molecular flexibility index (Phi) is 6.25. The molecule has 0 saturated carbocycles. The average molecular weight is 396 g/mol. The first kappa shape index (κ1) is 17.9. The summed E-state index contributed by atoms with van der Waals surface area (Å²) in [5.74, 6) is 1.47. The number of carbonyl (C=O) groups excluding carboxylic acids is 2. The third kappa shape index (κ3) is 5.62. The Morgan fingerprint density at radius 1 is 1.17 bits per heavy atom. The van der Waals surface area contributed by atoms with E-state index in [1.165, 1.54) is 0 Å². The van der Waals surface area contributed by atoms with Crippen LogP contribution >= 0.6 is 15.9 Å². The largest absolute Gasteiger partial charge is 0.484 e. The number of furan rings is 1. The minimum atomic E-state index is -0.548. The molecule has 1 atom stereocenters. The van der Waals surface area contributed by atoms with Crippen molar-refractivity contribution < 1.29 is 18.7 Å². The van der Waals surface area contributed by atoms with E-state index >= 15 is 0 Å². The van der Waals surface area contributed by atoms with E-state index in [0.717, 1.165) is 10.2 Å². The first-order valence-electron chi connectivity index (χ1n) is 7.24. The van der Waals surface area contributed by atoms with Crippen molar-refractivity contribution in [3.05, 3.63) is 52.4 Å². The molecule has 1 aromatic carbocycles. The number of rotatable bonds is 5. The second kappa shape index (κ2) is 8.39. The molecule has 0 fully saturated rings. The highest BCUT2D eigenvalue weighted by atomic mass is 79.9. The number of hydrogen-bond donors (Lipinski definition) is 3. The van der Waals surface area contributed by atoms with Crippen molar-refractivity contribution in [2.45, 2.75) is 19.9 Å². The van der Waals surface area contributed by atoms with E-state index in [1.54, 1.807) is 37.3 Å². The third-order valence-corrected chi connectivity index (χ3v) is 3.56. The topological polar surface area (TPSA) is 92.6 Å². The average Bonchev–Trinajstić information content (AvgIpc) is 2.99. The van der Waals surface area contributed by atoms with Crippen LogP contribution in [0.15, 0.2) is 45.3 Å². The summed E-state index contributed by atoms with van der Waals surface area (Å²) in [5.41, 5.74) is 4.52. The van der Waals surface area contributed by atoms with Gasteiger partial charge >= 0.3 is 6.03 Å². The maximum absolute atomic E-state index is 11.7. The van der Waals surface area contributed by atoms with Crippen LogP contribution in [0.2, 0.25) is 0 Å². The smallest absolute Gasteiger partial charge is 0.334 e. The molecular formula is C16H18BrN3O4. The van der Waals surface area contributed by atoms with Gasteiger partial charge in [-0.3, -0.25) is 10.2 Å². The van der Waals surface area contributed by atoms with Gasteiger partial charge in [-0.25, -0.2) is 10.2 Å². The first-order valence-corrected chi connectivity index (χ1v) is 8.03. The van der Waals surface area contributed by atoms with Crippen LogP contribution < -0.4 is 20.9 Å². The zero-order valence-electron chi connectivity index (χ0n) is 13.3. The summed E-state index contributed by atoms with van der Waals surface area (Å²) in [5, 5.41) is 2.64. The number of carbonyl (C=O) groups is 2. The molecule has 128 valence electrons. The normalized spacial score (nSPS) is 11.5. The van der Waals surface area contributed by atoms with Gasteiger partial charge in [0.25, 0.3) is 5.91 Å². The Morgan fingerprint density at radius 2 is 1.88 bits per heavy atom. The molecular weight excluding hydrogens is 378 g/mol. The van der Waals surface area contributed by atoms with E-state index in [-0.39, 0.29) is 12.6 Å². The maximum atomic E-state index is 11.7. The molecule has 3 N–H and O–H groups in total. The molecule has 2 aromatic rings. The molecule has 7 nitrogen and oxygen atoms in total. The van der Waals surface area contributed by atoms with Crippen LogP contribution in [0.1, 0.15) is 24.5 Å². The second-order valence-electron chi connectivity index (χ2n) is 5.06. The van der Waals surface area contributed by atoms with Gasteiger partial charge in [0, 0.05) is 4.47 Å². The van der Waals surface area contributed by atoms with Crippen molar-refractivity contribution in [2.24, 2.45) is 0 Å². The van der Waals surface area contributed by atoms with Gasteiger partial charge in [-0.1, -0.05) is 15.9 Å². The van der Waals surface area contributed by atoms with Gasteiger partial charge in [0.15, 0.2) is 6.61 Å². The summed E-state index contributed by atoms with van der Waals surface area (Å²) in [6.07, 6.45) is 0. The van der Waals surface area contributed by atoms with E-state index < -0.39 is 11.9 Å². The van der Waals surface area contributed by atoms with E-state index in [4.69, 9.17) is 9.15 Å². The summed E-state index contributed by atoms with van der Waals surface area (Å²) in [6, 6.07) is 9.78. The molecule has 8 heteroatoms. The second-order valence-corrected chi connectivity index (χ2v) is 5.98. The Balaban J connectivity index is 1.69. The molecule has 0 aliphatic carbocycles. The van der Waals surface area contributed by atoms with Crippen molar-refractivity contribution >= 4 is 27.9 Å². The molecule has 0 aliphatic rings. The van der Waals surface area contributed by atoms with Gasteiger partial charge in [0.1, 0.15) is 17.3 Å². The fourth-order valence-electron chi connectivity index (χ4n) is 1.83. The lowest BCUT2D eigenvalue weighted by atomic mass is 10.2. The van der Waals surface area contributed by atoms with Crippen molar-refractivity contribution in [3.8, 4) is 5.75 Å². The zero-order chi connectivity index (χ0) is 17.5. The lowest BCUT2D eigenvalue weighted by molar-refractivity contribution is -0.123. The molecule has 1 heterocycles. The van der Waals surface area contributed by atoms with E-state index in [0.29, 0.717) is 11.5 Å². The molecule has 1 unspecified atom stereocenters. The van der Waals surface area contributed by atoms with Crippen LogP contribution in [0.5, 0.6) is 5.75 Å². The summed E-state index contributed by atoms with van der Waals surface area (Å²) in [4.78, 5) is 23.4. The first-order chi connectivity index (χ1) is 11.4. The zero-order valence-corrected chi connectivity index (χ0v) is 14.8. The van der Waals surface area contributed by atoms with Crippen molar-refractivity contribution in [1.29, 1.82) is 0 Å². The highest BCUT2D eigenvalue weighted by Gasteiger charge is 2.13. The highest BCUT2D eigenvalue weighted by Crippen LogP contribution is 2.16. The fourth-order valence-corrected chi connectivity index (χ4v) is 2.10. The number of benzene rings is 1. The van der Waals surface area contributed by atoms with Crippen LogP contribution in [0.4, 0.5) is 4.79 Å². The van der Waals surface area contributed by atoms with E-state index in [1.807, 2.05) is 13.0 Å². The summed E-state index contributed by atoms with van der Waals surface area (Å²) in [6.45, 7) is 3.38. The monoisotopic (exact) mass is 395 g/mol. The van der Waals surface area contributed by atoms with Gasteiger partial charge in [-0.15, -0.1) is 0 Å². The van der Waals surface area contributed by atoms with Crippen LogP contribution in [0.3, 0.4) is 0 Å². The van der Waals surface area contributed by atoms with E-state index in [2.05, 4.69) is 32.1 Å². The fraction of sp³-hybridized carbons (Fsp3) is 0.250. The minimum Gasteiger partial charge on any atom is -0.484 e. The molecule has 0 saturated heterocycles. The van der Waals surface area contributed by atoms with Crippen LogP contribution in [0, 0.1) is 6.92 Å². The van der Waals surface area contributed by atoms with Crippen molar-refractivity contribution in [2.75, 3.05) is 6.61 Å². The summed E-state index contributed by atoms with van der Waals surface area (Å²) in [7, 11) is 0. The number of urea groups is 1. The number of aryl methyl sites for hydroxylation is 1. The molecule has 2 rings (SSSR count). The van der Waals surface area contributed by atoms with Crippen molar-refractivity contribution in [1.82, 2.24) is 16.2 Å². The van der Waals surface area contributed by atoms with Crippen LogP contribution in [0.25, 0.3) is 0 Å². The minimum absolute atomic E-state index is 0.213. The van der Waals surface area contributed by atoms with E-state index in [9.17, 15) is 9.59 Å². The van der Waals surface area contributed by atoms with Crippen molar-refractivity contribution in [3.63, 3.8) is 0 Å². The van der Waals surface area contributed by atoms with Crippen LogP contribution in [-0.2, 0) is 4.79 Å². The van der Waals surface area contributed by atoms with Gasteiger partial charge in [-0.2, -0.15) is 0 Å². The molecule has 1 aromatic heterocycles. The number of amides is 3. The maximum Gasteiger partial charge on any atom is 0.334 e. The molecule has 0 aliphatic heterocycles. The predicted molar refractivity (Wildman–Crippen MR) is 91.3 cm³/mol. The Hall–Kier alpha value is -2.48. The van der Waals surface area contributed by atoms with Crippen LogP contribution in [-0.4, -0.2) is 18.5 Å². The Bertz CT molecular complexity index is 700. The number of hydrazine groups is 1. The third-order valence-electron chi connectivity index (χ3n) is 3.03. The summed E-state index contributed by atoms with van der Waals surface area (Å²) >= 11 is 3.31. The molecule has 0 bridgehead atoms. The molecule has 24 heavy (non-hydrogen) atoms. The molecule has 0 radical (unpaired) electrons. The van der Waals surface area contributed by atoms with Gasteiger partial charge in [0.05, 0.1) is 6.04 Å². The Labute approximate surface area is 147 Å². The molecule has 3 amide bonds. The lowest BCUT2D eigenvalue weighted by Gasteiger charge is -2.13. The SMILES string of the molecule is Cc1ccc(C(C)NC(=O)NNC(=O)COc2ccc(Br)cc2)o1. The highest BCUT2D eigenvalue weighted by molar-refractivity contribution is 9.10. The standard InChI is InChI=1S/C16H18BrN3O4/c1-10-3-8-14(24-10)11(2)18-16(22)20-19-15(21)9-23-13-6-4-12(17)5-7-13/h3-8,11H,9H2,1-2H3,(H,19,21)(H2,18,20,22). The molecule has 0 spiro atoms. The van der Waals surface area contributed by atoms with Gasteiger partial charge in [0.2, 0.25) is 0 Å². The van der Waals surface area contributed by atoms with Gasteiger partial charge < -0.3 is 14.5 Å². The van der Waals surface area contributed by atoms with Gasteiger partial charge in [-0.05, 0) is 50.2 Å². The lowest BCUT2D eigenvalue weighted by Crippen LogP contribution is -2.48.